The smallest absolute Gasteiger partial charge is 0.0553 e. The van der Waals surface area contributed by atoms with Crippen molar-refractivity contribution in [2.45, 2.75) is 31.8 Å². The van der Waals surface area contributed by atoms with Crippen molar-refractivity contribution in [3.63, 3.8) is 0 Å². The molecule has 2 aliphatic rings. The first-order chi connectivity index (χ1) is 9.28. The Morgan fingerprint density at radius 2 is 2.21 bits per heavy atom. The van der Waals surface area contributed by atoms with Crippen molar-refractivity contribution < 1.29 is 0 Å². The van der Waals surface area contributed by atoms with E-state index in [1.807, 2.05) is 6.20 Å². The number of aromatic nitrogens is 1. The Balaban J connectivity index is 1.69. The maximum absolute atomic E-state index is 5.60. The SMILES string of the molecule is CN1CCCC2CN(c3ccc(CN)nc3)CCC21. The molecule has 0 amide bonds. The molecular formula is C15H24N4. The first-order valence-corrected chi connectivity index (χ1v) is 7.38. The summed E-state index contributed by atoms with van der Waals surface area (Å²) in [5.41, 5.74) is 7.82. The standard InChI is InChI=1S/C15H24N4/c1-18-7-2-3-12-11-19(8-6-15(12)18)14-5-4-13(9-16)17-10-14/h4-5,10,12,15H,2-3,6-9,11,16H2,1H3. The molecule has 0 radical (unpaired) electrons. The molecule has 2 atom stereocenters. The summed E-state index contributed by atoms with van der Waals surface area (Å²) in [5.74, 6) is 0.821. The third kappa shape index (κ3) is 2.60. The lowest BCUT2D eigenvalue weighted by Gasteiger charge is -2.46. The van der Waals surface area contributed by atoms with Crippen LogP contribution in [-0.2, 0) is 6.54 Å². The number of nitrogens with zero attached hydrogens (tertiary/aromatic N) is 3. The zero-order valence-corrected chi connectivity index (χ0v) is 11.8. The Kier molecular flexibility index (Phi) is 3.71. The summed E-state index contributed by atoms with van der Waals surface area (Å²) in [7, 11) is 2.28. The second-order valence-corrected chi connectivity index (χ2v) is 5.90. The number of pyridine rings is 1. The second-order valence-electron chi connectivity index (χ2n) is 5.90. The van der Waals surface area contributed by atoms with Crippen LogP contribution in [0.3, 0.4) is 0 Å². The fourth-order valence-corrected chi connectivity index (χ4v) is 3.61. The van der Waals surface area contributed by atoms with Gasteiger partial charge in [0.15, 0.2) is 0 Å². The van der Waals surface area contributed by atoms with Crippen LogP contribution < -0.4 is 10.6 Å². The van der Waals surface area contributed by atoms with Crippen molar-refractivity contribution in [2.24, 2.45) is 11.7 Å². The van der Waals surface area contributed by atoms with Gasteiger partial charge in [0, 0.05) is 25.7 Å². The molecule has 0 saturated carbocycles. The fourth-order valence-electron chi connectivity index (χ4n) is 3.61. The third-order valence-electron chi connectivity index (χ3n) is 4.73. The highest BCUT2D eigenvalue weighted by Gasteiger charge is 2.34. The fraction of sp³-hybridized carbons (Fsp3) is 0.667. The highest BCUT2D eigenvalue weighted by atomic mass is 15.2. The molecule has 1 aromatic rings. The lowest BCUT2D eigenvalue weighted by molar-refractivity contribution is 0.102. The molecule has 2 N–H and O–H groups in total. The van der Waals surface area contributed by atoms with Gasteiger partial charge in [0.25, 0.3) is 0 Å². The van der Waals surface area contributed by atoms with E-state index < -0.39 is 0 Å². The van der Waals surface area contributed by atoms with Crippen LogP contribution in [0.2, 0.25) is 0 Å². The molecule has 0 aromatic carbocycles. The number of fused-ring (bicyclic) bond motifs is 1. The zero-order valence-electron chi connectivity index (χ0n) is 11.8. The van der Waals surface area contributed by atoms with Crippen molar-refractivity contribution in [1.82, 2.24) is 9.88 Å². The van der Waals surface area contributed by atoms with Gasteiger partial charge in [0.1, 0.15) is 0 Å². The average molecular weight is 260 g/mol. The van der Waals surface area contributed by atoms with E-state index >= 15 is 0 Å². The number of nitrogens with two attached hydrogens (primary N) is 1. The Labute approximate surface area is 115 Å². The topological polar surface area (TPSA) is 45.4 Å². The van der Waals surface area contributed by atoms with Gasteiger partial charge in [-0.05, 0) is 50.9 Å². The molecule has 3 heterocycles. The number of piperidine rings is 2. The number of hydrogen-bond acceptors (Lipinski definition) is 4. The van der Waals surface area contributed by atoms with Crippen molar-refractivity contribution in [2.75, 3.05) is 31.6 Å². The number of anilines is 1. The molecule has 2 fully saturated rings. The molecule has 1 aromatic heterocycles. The highest BCUT2D eigenvalue weighted by molar-refractivity contribution is 5.45. The maximum Gasteiger partial charge on any atom is 0.0553 e. The van der Waals surface area contributed by atoms with Crippen LogP contribution in [0.25, 0.3) is 0 Å². The van der Waals surface area contributed by atoms with Crippen LogP contribution in [0.15, 0.2) is 18.3 Å². The molecular weight excluding hydrogens is 236 g/mol. The first kappa shape index (κ1) is 12.9. The van der Waals surface area contributed by atoms with E-state index in [9.17, 15) is 0 Å². The van der Waals surface area contributed by atoms with Crippen molar-refractivity contribution >= 4 is 5.69 Å². The molecule has 2 saturated heterocycles. The maximum atomic E-state index is 5.60. The molecule has 0 spiro atoms. The van der Waals surface area contributed by atoms with Crippen LogP contribution in [0, 0.1) is 5.92 Å². The van der Waals surface area contributed by atoms with Crippen molar-refractivity contribution in [1.29, 1.82) is 0 Å². The van der Waals surface area contributed by atoms with Gasteiger partial charge in [0.05, 0.1) is 17.6 Å². The van der Waals surface area contributed by atoms with Gasteiger partial charge in [-0.1, -0.05) is 0 Å². The van der Waals surface area contributed by atoms with Crippen LogP contribution >= 0.6 is 0 Å². The minimum atomic E-state index is 0.524. The highest BCUT2D eigenvalue weighted by Crippen LogP contribution is 2.31. The first-order valence-electron chi connectivity index (χ1n) is 7.38. The van der Waals surface area contributed by atoms with Gasteiger partial charge < -0.3 is 15.5 Å². The predicted molar refractivity (Wildman–Crippen MR) is 78.1 cm³/mol. The summed E-state index contributed by atoms with van der Waals surface area (Å²) >= 11 is 0. The summed E-state index contributed by atoms with van der Waals surface area (Å²) in [5, 5.41) is 0. The van der Waals surface area contributed by atoms with E-state index in [1.165, 1.54) is 38.0 Å². The van der Waals surface area contributed by atoms with Gasteiger partial charge in [-0.3, -0.25) is 4.98 Å². The summed E-state index contributed by atoms with van der Waals surface area (Å²) in [6.07, 6.45) is 5.98. The normalized spacial score (nSPS) is 28.2. The molecule has 2 aliphatic heterocycles. The van der Waals surface area contributed by atoms with Gasteiger partial charge in [-0.2, -0.15) is 0 Å². The predicted octanol–water partition coefficient (Wildman–Crippen LogP) is 1.46. The summed E-state index contributed by atoms with van der Waals surface area (Å²) in [4.78, 5) is 9.46. The Morgan fingerprint density at radius 1 is 1.32 bits per heavy atom. The number of likely N-dealkylation sites (tertiary alicyclic amines) is 1. The van der Waals surface area contributed by atoms with Gasteiger partial charge in [-0.15, -0.1) is 0 Å². The average Bonchev–Trinajstić information content (AvgIpc) is 2.47. The lowest BCUT2D eigenvalue weighted by atomic mass is 9.84. The van der Waals surface area contributed by atoms with Crippen LogP contribution in [0.1, 0.15) is 25.0 Å². The Morgan fingerprint density at radius 3 is 2.95 bits per heavy atom. The minimum Gasteiger partial charge on any atom is -0.370 e. The zero-order chi connectivity index (χ0) is 13.2. The Hall–Kier alpha value is -1.13. The van der Waals surface area contributed by atoms with E-state index in [2.05, 4.69) is 34.0 Å². The van der Waals surface area contributed by atoms with E-state index in [4.69, 9.17) is 5.73 Å². The molecule has 19 heavy (non-hydrogen) atoms. The van der Waals surface area contributed by atoms with Crippen molar-refractivity contribution in [3.05, 3.63) is 24.0 Å². The van der Waals surface area contributed by atoms with E-state index in [1.54, 1.807) is 0 Å². The van der Waals surface area contributed by atoms with E-state index in [0.717, 1.165) is 24.2 Å². The Bertz CT molecular complexity index is 417. The molecule has 104 valence electrons. The van der Waals surface area contributed by atoms with Crippen LogP contribution in [0.5, 0.6) is 0 Å². The monoisotopic (exact) mass is 260 g/mol. The summed E-state index contributed by atoms with van der Waals surface area (Å²) in [6.45, 7) is 4.12. The molecule has 0 bridgehead atoms. The molecule has 3 rings (SSSR count). The minimum absolute atomic E-state index is 0.524. The largest absolute Gasteiger partial charge is 0.370 e. The second kappa shape index (κ2) is 5.47. The number of rotatable bonds is 2. The lowest BCUT2D eigenvalue weighted by Crippen LogP contribution is -2.52. The van der Waals surface area contributed by atoms with Gasteiger partial charge in [-0.25, -0.2) is 0 Å². The van der Waals surface area contributed by atoms with E-state index in [-0.39, 0.29) is 0 Å². The molecule has 0 aliphatic carbocycles. The van der Waals surface area contributed by atoms with Crippen molar-refractivity contribution in [3.8, 4) is 0 Å². The number of hydrogen-bond donors (Lipinski definition) is 1. The van der Waals surface area contributed by atoms with Gasteiger partial charge >= 0.3 is 0 Å². The van der Waals surface area contributed by atoms with E-state index in [0.29, 0.717) is 6.54 Å². The molecule has 4 heteroatoms. The summed E-state index contributed by atoms with van der Waals surface area (Å²) < 4.78 is 0. The van der Waals surface area contributed by atoms with Crippen LogP contribution in [-0.4, -0.2) is 42.6 Å². The molecule has 4 nitrogen and oxygen atoms in total. The summed E-state index contributed by atoms with van der Waals surface area (Å²) in [6, 6.07) is 5.01. The molecule has 2 unspecified atom stereocenters. The van der Waals surface area contributed by atoms with Gasteiger partial charge in [0.2, 0.25) is 0 Å². The third-order valence-corrected chi connectivity index (χ3v) is 4.73. The quantitative estimate of drug-likeness (QED) is 0.874. The van der Waals surface area contributed by atoms with Crippen LogP contribution in [0.4, 0.5) is 5.69 Å².